The molecular formula is C57H52O4. The van der Waals surface area contributed by atoms with Gasteiger partial charge in [0.2, 0.25) is 0 Å². The summed E-state index contributed by atoms with van der Waals surface area (Å²) in [7, 11) is 3.06. The van der Waals surface area contributed by atoms with E-state index in [2.05, 4.69) is 91.9 Å². The van der Waals surface area contributed by atoms with E-state index in [9.17, 15) is 9.59 Å². The van der Waals surface area contributed by atoms with Crippen molar-refractivity contribution in [1.82, 2.24) is 0 Å². The first kappa shape index (κ1) is 34.6. The van der Waals surface area contributed by atoms with Gasteiger partial charge in [0.15, 0.2) is 0 Å². The first-order valence-electron chi connectivity index (χ1n) is 23.7. The van der Waals surface area contributed by atoms with Gasteiger partial charge in [-0.3, -0.25) is 9.59 Å². The van der Waals surface area contributed by atoms with Gasteiger partial charge in [0.05, 0.1) is 14.2 Å². The maximum atomic E-state index is 12.6. The van der Waals surface area contributed by atoms with Gasteiger partial charge >= 0.3 is 11.9 Å². The number of benzene rings is 4. The third kappa shape index (κ3) is 3.83. The van der Waals surface area contributed by atoms with Gasteiger partial charge in [-0.25, -0.2) is 0 Å². The Morgan fingerprint density at radius 2 is 1.11 bits per heavy atom. The van der Waals surface area contributed by atoms with Gasteiger partial charge < -0.3 is 9.47 Å². The summed E-state index contributed by atoms with van der Waals surface area (Å²) in [5, 5.41) is 3.47. The van der Waals surface area contributed by atoms with Gasteiger partial charge in [-0.1, -0.05) is 91.9 Å². The third-order valence-electron chi connectivity index (χ3n) is 19.7. The molecule has 3 fully saturated rings. The van der Waals surface area contributed by atoms with Crippen molar-refractivity contribution in [1.29, 1.82) is 0 Å². The van der Waals surface area contributed by atoms with Crippen LogP contribution in [0.4, 0.5) is 0 Å². The average molecular weight is 801 g/mol. The molecule has 0 N–H and O–H groups in total. The molecule has 4 heteroatoms. The van der Waals surface area contributed by atoms with Gasteiger partial charge in [-0.2, -0.15) is 0 Å². The molecule has 15 rings (SSSR count). The van der Waals surface area contributed by atoms with Crippen molar-refractivity contribution in [2.75, 3.05) is 14.2 Å². The van der Waals surface area contributed by atoms with Crippen LogP contribution in [0.1, 0.15) is 144 Å². The highest BCUT2D eigenvalue weighted by Crippen LogP contribution is 2.84. The molecule has 9 unspecified atom stereocenters. The topological polar surface area (TPSA) is 52.6 Å². The Bertz CT molecular complexity index is 2890. The van der Waals surface area contributed by atoms with Crippen LogP contribution in [0.15, 0.2) is 85.0 Å². The van der Waals surface area contributed by atoms with Crippen LogP contribution in [0.25, 0.3) is 33.1 Å². The molecule has 11 aliphatic carbocycles. The van der Waals surface area contributed by atoms with E-state index in [-0.39, 0.29) is 22.8 Å². The first-order chi connectivity index (χ1) is 29.9. The molecule has 0 aromatic heterocycles. The average Bonchev–Trinajstić information content (AvgIpc) is 3.64. The van der Waals surface area contributed by atoms with Gasteiger partial charge in [0.1, 0.15) is 0 Å². The molecule has 0 spiro atoms. The summed E-state index contributed by atoms with van der Waals surface area (Å²) in [6, 6.07) is 22.9. The fourth-order valence-corrected chi connectivity index (χ4v) is 18.1. The second-order valence-corrected chi connectivity index (χ2v) is 21.5. The molecule has 13 atom stereocenters. The molecule has 4 aromatic rings. The van der Waals surface area contributed by atoms with Crippen molar-refractivity contribution in [2.45, 2.75) is 99.2 Å². The number of esters is 2. The molecule has 0 radical (unpaired) electrons. The summed E-state index contributed by atoms with van der Waals surface area (Å²) in [6.07, 6.45) is 19.4. The number of allylic oxidation sites excluding steroid dienone is 8. The number of carbonyl (C=O) groups excluding carboxylic acids is 2. The molecule has 4 aromatic carbocycles. The fourth-order valence-electron chi connectivity index (χ4n) is 18.1. The highest BCUT2D eigenvalue weighted by atomic mass is 16.5. The largest absolute Gasteiger partial charge is 0.469 e. The van der Waals surface area contributed by atoms with E-state index < -0.39 is 0 Å². The van der Waals surface area contributed by atoms with Crippen molar-refractivity contribution in [2.24, 2.45) is 41.4 Å². The molecule has 11 aliphatic rings. The zero-order chi connectivity index (χ0) is 40.4. The molecule has 4 nitrogen and oxygen atoms in total. The second-order valence-electron chi connectivity index (χ2n) is 21.5. The first-order valence-corrected chi connectivity index (χ1v) is 23.7. The maximum absolute atomic E-state index is 12.6. The molecule has 0 heterocycles. The van der Waals surface area contributed by atoms with Crippen molar-refractivity contribution in [3.05, 3.63) is 141 Å². The number of fused-ring (bicyclic) bond motifs is 3. The van der Waals surface area contributed by atoms with E-state index in [1.54, 1.807) is 77.6 Å². The quantitative estimate of drug-likeness (QED) is 0.142. The van der Waals surface area contributed by atoms with E-state index in [1.807, 2.05) is 0 Å². The number of rotatable bonds is 11. The summed E-state index contributed by atoms with van der Waals surface area (Å²) in [4.78, 5) is 25.2. The summed E-state index contributed by atoms with van der Waals surface area (Å²) < 4.78 is 10.4. The minimum Gasteiger partial charge on any atom is -0.469 e. The van der Waals surface area contributed by atoms with Crippen LogP contribution >= 0.6 is 0 Å². The Balaban J connectivity index is 0.959. The van der Waals surface area contributed by atoms with E-state index >= 15 is 0 Å². The molecule has 0 saturated heterocycles. The van der Waals surface area contributed by atoms with E-state index in [1.165, 1.54) is 31.8 Å². The Labute approximate surface area is 358 Å². The smallest absolute Gasteiger partial charge is 0.305 e. The van der Waals surface area contributed by atoms with Crippen LogP contribution in [0, 0.1) is 41.4 Å². The molecule has 0 amide bonds. The van der Waals surface area contributed by atoms with Crippen LogP contribution in [-0.4, -0.2) is 26.2 Å². The Kier molecular flexibility index (Phi) is 6.44. The lowest BCUT2D eigenvalue weighted by Crippen LogP contribution is -2.46. The van der Waals surface area contributed by atoms with Gasteiger partial charge in [-0.05, 0) is 204 Å². The monoisotopic (exact) mass is 800 g/mol. The van der Waals surface area contributed by atoms with Crippen LogP contribution in [0.2, 0.25) is 0 Å². The number of ether oxygens (including phenoxy) is 2. The minimum atomic E-state index is -0.0983. The predicted molar refractivity (Wildman–Crippen MR) is 239 cm³/mol. The van der Waals surface area contributed by atoms with Gasteiger partial charge in [-0.15, -0.1) is 0 Å². The second kappa shape index (κ2) is 11.3. The molecule has 61 heavy (non-hydrogen) atoms. The summed E-state index contributed by atoms with van der Waals surface area (Å²) >= 11 is 0. The number of hydrogen-bond donors (Lipinski definition) is 0. The van der Waals surface area contributed by atoms with Crippen LogP contribution in [0.5, 0.6) is 0 Å². The van der Waals surface area contributed by atoms with Crippen LogP contribution in [-0.2, 0) is 29.9 Å². The molecule has 3 saturated carbocycles. The minimum absolute atomic E-state index is 0.0611. The normalized spacial score (nSPS) is 35.9. The molecule has 0 bridgehead atoms. The summed E-state index contributed by atoms with van der Waals surface area (Å²) in [5.41, 5.74) is 23.2. The van der Waals surface area contributed by atoms with Gasteiger partial charge in [0, 0.05) is 18.3 Å². The number of hydrogen-bond acceptors (Lipinski definition) is 4. The molecular weight excluding hydrogens is 749 g/mol. The fraction of sp³-hybridized carbons (Fsp3) is 0.439. The zero-order valence-corrected chi connectivity index (χ0v) is 35.4. The van der Waals surface area contributed by atoms with Crippen LogP contribution < -0.4 is 0 Å². The van der Waals surface area contributed by atoms with E-state index in [0.29, 0.717) is 77.9 Å². The zero-order valence-electron chi connectivity index (χ0n) is 35.4. The highest BCUT2D eigenvalue weighted by molar-refractivity contribution is 6.17. The molecule has 304 valence electrons. The van der Waals surface area contributed by atoms with Crippen molar-refractivity contribution >= 4 is 45.0 Å². The van der Waals surface area contributed by atoms with Crippen molar-refractivity contribution in [3.8, 4) is 0 Å². The lowest BCUT2D eigenvalue weighted by atomic mass is 9.50. The number of methoxy groups -OCH3 is 2. The highest BCUT2D eigenvalue weighted by Gasteiger charge is 2.76. The lowest BCUT2D eigenvalue weighted by Gasteiger charge is -2.53. The van der Waals surface area contributed by atoms with Gasteiger partial charge in [0.25, 0.3) is 0 Å². The Morgan fingerprint density at radius 1 is 0.623 bits per heavy atom. The Morgan fingerprint density at radius 3 is 1.69 bits per heavy atom. The van der Waals surface area contributed by atoms with E-state index in [0.717, 1.165) is 38.5 Å². The Hall–Kier alpha value is -4.96. The van der Waals surface area contributed by atoms with E-state index in [4.69, 9.17) is 9.47 Å². The van der Waals surface area contributed by atoms with Crippen molar-refractivity contribution in [3.63, 3.8) is 0 Å². The SMILES string of the molecule is COC(=O)CCCC(C)(c1ccccc1)C1CC2C=C3CC4=C[C@H]5C6c7c4c3c3c4c8c9c%10c(c74)[C@H]6C(C=C%10CC9=CC1[C@@H]8[C@@H]32)C1C5C1(CCCC(=O)OC)c1ccccc1. The molecule has 0 aliphatic heterocycles. The summed E-state index contributed by atoms with van der Waals surface area (Å²) in [5.74, 6) is 5.51. The predicted octanol–water partition coefficient (Wildman–Crippen LogP) is 11.9. The van der Waals surface area contributed by atoms with Crippen LogP contribution in [0.3, 0.4) is 0 Å². The standard InChI is InChI=1S/C57H52O4/c1-56(18-10-16-38(58)60-2,32-12-6-4-7-13-32)37-26-31-21-27-20-29-24-35-46-47-36(55-54(35)57(55,19-11-17-39(59)61-3)33-14-8-5-9-15-33)25-30-22-28-23-34(37)45-44(31)48-40(27)42(29)50(46)53-51(47)43(30)41(28)49(45)52(48)53/h4-9,12-15,21,23-25,31,34-37,44-47,54-55H,10-11,16-20,22,26H2,1-3H3/t31?,34?,35-,36?,37?,44-,45+,46?,47-,54?,55?,56?,57?/m0/s1. The maximum Gasteiger partial charge on any atom is 0.305 e. The summed E-state index contributed by atoms with van der Waals surface area (Å²) in [6.45, 7) is 2.56. The third-order valence-corrected chi connectivity index (χ3v) is 19.7. The lowest BCUT2D eigenvalue weighted by molar-refractivity contribution is -0.141. The van der Waals surface area contributed by atoms with Crippen molar-refractivity contribution < 1.29 is 19.1 Å². The number of carbonyl (C=O) groups is 2.